The minimum atomic E-state index is 0.0450. The van der Waals surface area contributed by atoms with Crippen molar-refractivity contribution in [1.29, 1.82) is 0 Å². The molecule has 0 aliphatic rings. The zero-order valence-corrected chi connectivity index (χ0v) is 18.1. The number of nitrogens with one attached hydrogen (secondary N) is 2. The zero-order chi connectivity index (χ0) is 21.1. The Bertz CT molecular complexity index is 1040. The molecule has 0 bridgehead atoms. The lowest BCUT2D eigenvalue weighted by atomic mass is 9.92. The number of rotatable bonds is 6. The molecular weight excluding hydrogens is 360 g/mol. The molecule has 2 aromatic carbocycles. The molecule has 1 unspecified atom stereocenters. The number of benzene rings is 2. The van der Waals surface area contributed by atoms with Crippen LogP contribution in [0.3, 0.4) is 0 Å². The van der Waals surface area contributed by atoms with Crippen LogP contribution in [0.15, 0.2) is 36.4 Å². The van der Waals surface area contributed by atoms with E-state index in [1.165, 1.54) is 11.1 Å². The Morgan fingerprint density at radius 1 is 1.07 bits per heavy atom. The molecule has 0 saturated carbocycles. The molecule has 0 spiro atoms. The van der Waals surface area contributed by atoms with Crippen molar-refractivity contribution in [3.63, 3.8) is 0 Å². The number of aryl methyl sites for hydroxylation is 3. The maximum atomic E-state index is 11.9. The van der Waals surface area contributed by atoms with Gasteiger partial charge in [-0.25, -0.2) is 9.97 Å². The van der Waals surface area contributed by atoms with Crippen molar-refractivity contribution in [3.8, 4) is 0 Å². The van der Waals surface area contributed by atoms with E-state index in [0.717, 1.165) is 33.7 Å². The summed E-state index contributed by atoms with van der Waals surface area (Å²) in [5.74, 6) is 1.73. The van der Waals surface area contributed by atoms with Gasteiger partial charge in [0.25, 0.3) is 0 Å². The van der Waals surface area contributed by atoms with Gasteiger partial charge in [0, 0.05) is 24.9 Å². The molecular formula is C24H30N4O. The Balaban J connectivity index is 2.02. The van der Waals surface area contributed by atoms with Crippen LogP contribution in [-0.2, 0) is 4.79 Å². The van der Waals surface area contributed by atoms with Crippen LogP contribution in [0, 0.1) is 20.8 Å². The number of fused-ring (bicyclic) bond motifs is 1. The second-order valence-electron chi connectivity index (χ2n) is 7.90. The molecule has 5 heteroatoms. The highest BCUT2D eigenvalue weighted by molar-refractivity contribution is 5.90. The van der Waals surface area contributed by atoms with Crippen LogP contribution in [0.1, 0.15) is 60.3 Å². The molecule has 0 saturated heterocycles. The molecule has 0 aliphatic carbocycles. The van der Waals surface area contributed by atoms with Gasteiger partial charge < -0.3 is 10.6 Å². The normalized spacial score (nSPS) is 13.2. The summed E-state index contributed by atoms with van der Waals surface area (Å²) >= 11 is 0. The fourth-order valence-corrected chi connectivity index (χ4v) is 3.77. The highest BCUT2D eigenvalue weighted by atomic mass is 16.1. The van der Waals surface area contributed by atoms with Gasteiger partial charge in [0.1, 0.15) is 11.6 Å². The van der Waals surface area contributed by atoms with Gasteiger partial charge in [-0.2, -0.15) is 0 Å². The van der Waals surface area contributed by atoms with E-state index < -0.39 is 0 Å². The van der Waals surface area contributed by atoms with Crippen LogP contribution in [0.5, 0.6) is 0 Å². The number of nitrogens with zero attached hydrogens (tertiary/aromatic N) is 2. The fraction of sp³-hybridized carbons (Fsp3) is 0.375. The molecule has 0 radical (unpaired) electrons. The molecule has 152 valence electrons. The van der Waals surface area contributed by atoms with Gasteiger partial charge in [-0.15, -0.1) is 0 Å². The van der Waals surface area contributed by atoms with Crippen molar-refractivity contribution < 1.29 is 4.79 Å². The quantitative estimate of drug-likeness (QED) is 0.624. The van der Waals surface area contributed by atoms with E-state index in [4.69, 9.17) is 4.98 Å². The minimum absolute atomic E-state index is 0.0450. The van der Waals surface area contributed by atoms with Gasteiger partial charge in [-0.1, -0.05) is 36.8 Å². The van der Waals surface area contributed by atoms with Gasteiger partial charge in [0.15, 0.2) is 0 Å². The fourth-order valence-electron chi connectivity index (χ4n) is 3.77. The lowest BCUT2D eigenvalue weighted by molar-refractivity contribution is -0.120. The van der Waals surface area contributed by atoms with Crippen LogP contribution in [0.4, 0.5) is 5.82 Å². The smallest absolute Gasteiger partial charge is 0.220 e. The van der Waals surface area contributed by atoms with Gasteiger partial charge in [-0.05, 0) is 62.4 Å². The van der Waals surface area contributed by atoms with Gasteiger partial charge >= 0.3 is 0 Å². The van der Waals surface area contributed by atoms with E-state index in [0.29, 0.717) is 6.42 Å². The van der Waals surface area contributed by atoms with Crippen molar-refractivity contribution in [2.45, 2.75) is 53.0 Å². The van der Waals surface area contributed by atoms with Crippen LogP contribution < -0.4 is 10.6 Å². The van der Waals surface area contributed by atoms with Crippen molar-refractivity contribution in [3.05, 3.63) is 64.5 Å². The van der Waals surface area contributed by atoms with E-state index in [-0.39, 0.29) is 17.9 Å². The summed E-state index contributed by atoms with van der Waals surface area (Å²) < 4.78 is 0. The summed E-state index contributed by atoms with van der Waals surface area (Å²) in [6, 6.07) is 12.8. The van der Waals surface area contributed by atoms with E-state index in [1.54, 1.807) is 7.05 Å². The second-order valence-corrected chi connectivity index (χ2v) is 7.90. The molecule has 1 heterocycles. The number of hydrogen-bond acceptors (Lipinski definition) is 4. The summed E-state index contributed by atoms with van der Waals surface area (Å²) in [4.78, 5) is 21.2. The first-order chi connectivity index (χ1) is 13.8. The average Bonchev–Trinajstić information content (AvgIpc) is 2.67. The molecule has 1 amide bonds. The van der Waals surface area contributed by atoms with E-state index in [1.807, 2.05) is 6.92 Å². The standard InChI is InChI=1S/C24H30N4O/c1-14-8-7-9-19(10-14)17(4)26-24-21-13-20(16(3)12-23(29)25-6)15(2)11-22(21)27-18(5)28-24/h7-11,13,16-17H,12H2,1-6H3,(H,25,29)(H,26,27,28)/t16?,17-/m1/s1. The van der Waals surface area contributed by atoms with E-state index >= 15 is 0 Å². The summed E-state index contributed by atoms with van der Waals surface area (Å²) in [7, 11) is 1.67. The summed E-state index contributed by atoms with van der Waals surface area (Å²) in [5.41, 5.74) is 5.67. The molecule has 2 atom stereocenters. The highest BCUT2D eigenvalue weighted by Gasteiger charge is 2.17. The topological polar surface area (TPSA) is 66.9 Å². The summed E-state index contributed by atoms with van der Waals surface area (Å²) in [5, 5.41) is 7.28. The van der Waals surface area contributed by atoms with Crippen molar-refractivity contribution in [1.82, 2.24) is 15.3 Å². The maximum absolute atomic E-state index is 11.9. The lowest BCUT2D eigenvalue weighted by Crippen LogP contribution is -2.19. The van der Waals surface area contributed by atoms with Crippen molar-refractivity contribution >= 4 is 22.6 Å². The Kier molecular flexibility index (Phi) is 6.16. The van der Waals surface area contributed by atoms with Crippen molar-refractivity contribution in [2.75, 3.05) is 12.4 Å². The first-order valence-corrected chi connectivity index (χ1v) is 10.1. The number of hydrogen-bond donors (Lipinski definition) is 2. The zero-order valence-electron chi connectivity index (χ0n) is 18.1. The molecule has 5 nitrogen and oxygen atoms in total. The molecule has 0 aliphatic heterocycles. The largest absolute Gasteiger partial charge is 0.363 e. The summed E-state index contributed by atoms with van der Waals surface area (Å²) in [6.07, 6.45) is 0.456. The number of aromatic nitrogens is 2. The lowest BCUT2D eigenvalue weighted by Gasteiger charge is -2.19. The first kappa shape index (κ1) is 20.8. The van der Waals surface area contributed by atoms with Crippen LogP contribution in [0.2, 0.25) is 0 Å². The molecule has 3 rings (SSSR count). The first-order valence-electron chi connectivity index (χ1n) is 10.1. The number of amides is 1. The Hall–Kier alpha value is -2.95. The third-order valence-corrected chi connectivity index (χ3v) is 5.39. The van der Waals surface area contributed by atoms with Crippen LogP contribution in [0.25, 0.3) is 10.9 Å². The third kappa shape index (κ3) is 4.73. The van der Waals surface area contributed by atoms with Gasteiger partial charge in [0.2, 0.25) is 5.91 Å². The highest BCUT2D eigenvalue weighted by Crippen LogP contribution is 2.31. The van der Waals surface area contributed by atoms with Crippen LogP contribution >= 0.6 is 0 Å². The third-order valence-electron chi connectivity index (χ3n) is 5.39. The van der Waals surface area contributed by atoms with Crippen molar-refractivity contribution in [2.24, 2.45) is 0 Å². The summed E-state index contributed by atoms with van der Waals surface area (Å²) in [6.45, 7) is 10.3. The minimum Gasteiger partial charge on any atom is -0.363 e. The Labute approximate surface area is 173 Å². The number of anilines is 1. The second kappa shape index (κ2) is 8.60. The van der Waals surface area contributed by atoms with Crippen LogP contribution in [-0.4, -0.2) is 22.9 Å². The van der Waals surface area contributed by atoms with E-state index in [9.17, 15) is 4.79 Å². The molecule has 29 heavy (non-hydrogen) atoms. The van der Waals surface area contributed by atoms with Gasteiger partial charge in [-0.3, -0.25) is 4.79 Å². The number of carbonyl (C=O) groups excluding carboxylic acids is 1. The predicted molar refractivity (Wildman–Crippen MR) is 119 cm³/mol. The molecule has 0 fully saturated rings. The number of carbonyl (C=O) groups is 1. The SMILES string of the molecule is CNC(=O)CC(C)c1cc2c(N[C@H](C)c3cccc(C)c3)nc(C)nc2cc1C. The maximum Gasteiger partial charge on any atom is 0.220 e. The predicted octanol–water partition coefficient (Wildman–Crippen LogP) is 4.97. The van der Waals surface area contributed by atoms with E-state index in [2.05, 4.69) is 79.7 Å². The molecule has 3 aromatic rings. The Morgan fingerprint density at radius 3 is 2.52 bits per heavy atom. The molecule has 1 aromatic heterocycles. The Morgan fingerprint density at radius 2 is 1.83 bits per heavy atom. The average molecular weight is 391 g/mol. The monoisotopic (exact) mass is 390 g/mol. The molecule has 2 N–H and O–H groups in total. The van der Waals surface area contributed by atoms with Gasteiger partial charge in [0.05, 0.1) is 5.52 Å².